The molecule has 2 N–H and O–H groups in total. The number of aryl methyl sites for hydroxylation is 1. The highest BCUT2D eigenvalue weighted by Gasteiger charge is 2.13. The Morgan fingerprint density at radius 2 is 1.83 bits per heavy atom. The van der Waals surface area contributed by atoms with Gasteiger partial charge in [0.15, 0.2) is 9.84 Å². The number of anilines is 1. The van der Waals surface area contributed by atoms with E-state index >= 15 is 0 Å². The van der Waals surface area contributed by atoms with Crippen LogP contribution < -0.4 is 5.73 Å². The molecule has 0 aliphatic carbocycles. The number of hydrogen-bond acceptors (Lipinski definition) is 4. The maximum absolute atomic E-state index is 12.1. The van der Waals surface area contributed by atoms with Gasteiger partial charge < -0.3 is 5.73 Å². The van der Waals surface area contributed by atoms with Crippen molar-refractivity contribution in [1.82, 2.24) is 4.98 Å². The summed E-state index contributed by atoms with van der Waals surface area (Å²) in [6.45, 7) is 0. The lowest BCUT2D eigenvalue weighted by atomic mass is 10.2. The molecule has 0 saturated heterocycles. The van der Waals surface area contributed by atoms with Gasteiger partial charge in [-0.3, -0.25) is 4.98 Å². The Morgan fingerprint density at radius 3 is 2.44 bits per heavy atom. The second-order valence-electron chi connectivity index (χ2n) is 4.00. The molecule has 0 atom stereocenters. The largest absolute Gasteiger partial charge is 0.399 e. The molecule has 0 aliphatic heterocycles. The first-order valence-corrected chi connectivity index (χ1v) is 7.20. The van der Waals surface area contributed by atoms with E-state index in [1.54, 1.807) is 30.6 Å². The minimum Gasteiger partial charge on any atom is -0.399 e. The van der Waals surface area contributed by atoms with Crippen LogP contribution in [0.4, 0.5) is 5.69 Å². The highest BCUT2D eigenvalue weighted by molar-refractivity contribution is 7.91. The van der Waals surface area contributed by atoms with Crippen molar-refractivity contribution in [3.63, 3.8) is 0 Å². The molecule has 94 valence electrons. The lowest BCUT2D eigenvalue weighted by Gasteiger charge is -2.04. The van der Waals surface area contributed by atoms with Crippen molar-refractivity contribution >= 4 is 15.5 Å². The minimum atomic E-state index is -3.26. The molecule has 0 fully saturated rings. The predicted octanol–water partition coefficient (Wildman–Crippen LogP) is 1.68. The van der Waals surface area contributed by atoms with Crippen molar-refractivity contribution in [2.45, 2.75) is 11.3 Å². The van der Waals surface area contributed by atoms with Gasteiger partial charge in [0.25, 0.3) is 0 Å². The molecule has 5 heteroatoms. The second-order valence-corrected chi connectivity index (χ2v) is 6.11. The summed E-state index contributed by atoms with van der Waals surface area (Å²) in [5.74, 6) is 0.0720. The number of pyridine rings is 1. The maximum Gasteiger partial charge on any atom is 0.178 e. The zero-order chi connectivity index (χ0) is 13.0. The predicted molar refractivity (Wildman–Crippen MR) is 70.8 cm³/mol. The minimum absolute atomic E-state index is 0.0720. The zero-order valence-corrected chi connectivity index (χ0v) is 10.6. The van der Waals surface area contributed by atoms with Crippen LogP contribution in [0.5, 0.6) is 0 Å². The number of nitrogens with zero attached hydrogens (tertiary/aromatic N) is 1. The van der Waals surface area contributed by atoms with Crippen molar-refractivity contribution in [2.24, 2.45) is 0 Å². The standard InChI is InChI=1S/C13H14N2O2S/c14-12-3-5-13(6-4-12)18(16,17)9-7-11-2-1-8-15-10-11/h1-6,8,10H,7,9,14H2. The monoisotopic (exact) mass is 262 g/mol. The van der Waals surface area contributed by atoms with Gasteiger partial charge in [0.05, 0.1) is 10.6 Å². The first kappa shape index (κ1) is 12.6. The van der Waals surface area contributed by atoms with Gasteiger partial charge in [-0.2, -0.15) is 0 Å². The number of sulfone groups is 1. The van der Waals surface area contributed by atoms with E-state index in [2.05, 4.69) is 4.98 Å². The van der Waals surface area contributed by atoms with Gasteiger partial charge in [-0.1, -0.05) is 6.07 Å². The maximum atomic E-state index is 12.1. The highest BCUT2D eigenvalue weighted by atomic mass is 32.2. The van der Waals surface area contributed by atoms with Gasteiger partial charge in [0, 0.05) is 18.1 Å². The number of hydrogen-bond donors (Lipinski definition) is 1. The van der Waals surface area contributed by atoms with Crippen molar-refractivity contribution in [1.29, 1.82) is 0 Å². The van der Waals surface area contributed by atoms with Gasteiger partial charge >= 0.3 is 0 Å². The molecule has 4 nitrogen and oxygen atoms in total. The average Bonchev–Trinajstić information content (AvgIpc) is 2.38. The van der Waals surface area contributed by atoms with Crippen LogP contribution in [0.1, 0.15) is 5.56 Å². The van der Waals surface area contributed by atoms with Gasteiger partial charge in [0.1, 0.15) is 0 Å². The summed E-state index contributed by atoms with van der Waals surface area (Å²) in [6, 6.07) is 9.92. The van der Waals surface area contributed by atoms with E-state index in [0.29, 0.717) is 17.0 Å². The van der Waals surface area contributed by atoms with Crippen LogP contribution in [0, 0.1) is 0 Å². The number of rotatable bonds is 4. The van der Waals surface area contributed by atoms with Crippen LogP contribution in [0.2, 0.25) is 0 Å². The second kappa shape index (κ2) is 5.18. The van der Waals surface area contributed by atoms with Crippen molar-refractivity contribution in [3.05, 3.63) is 54.4 Å². The Morgan fingerprint density at radius 1 is 1.11 bits per heavy atom. The number of benzene rings is 1. The molecule has 0 saturated carbocycles. The van der Waals surface area contributed by atoms with Gasteiger partial charge in [0.2, 0.25) is 0 Å². The summed E-state index contributed by atoms with van der Waals surface area (Å²) < 4.78 is 24.1. The molecule has 18 heavy (non-hydrogen) atoms. The summed E-state index contributed by atoms with van der Waals surface area (Å²) in [7, 11) is -3.26. The fourth-order valence-electron chi connectivity index (χ4n) is 1.59. The van der Waals surface area contributed by atoms with Crippen LogP contribution in [-0.2, 0) is 16.3 Å². The van der Waals surface area contributed by atoms with Crippen LogP contribution in [0.25, 0.3) is 0 Å². The van der Waals surface area contributed by atoms with Gasteiger partial charge in [-0.15, -0.1) is 0 Å². The normalized spacial score (nSPS) is 11.3. The number of nitrogens with two attached hydrogens (primary N) is 1. The Balaban J connectivity index is 2.11. The lowest BCUT2D eigenvalue weighted by Crippen LogP contribution is -2.09. The van der Waals surface area contributed by atoms with Crippen LogP contribution >= 0.6 is 0 Å². The summed E-state index contributed by atoms with van der Waals surface area (Å²) in [4.78, 5) is 4.26. The smallest absolute Gasteiger partial charge is 0.178 e. The molecule has 1 aromatic heterocycles. The van der Waals surface area contributed by atoms with E-state index < -0.39 is 9.84 Å². The van der Waals surface area contributed by atoms with E-state index in [4.69, 9.17) is 5.73 Å². The van der Waals surface area contributed by atoms with E-state index in [9.17, 15) is 8.42 Å². The van der Waals surface area contributed by atoms with Crippen molar-refractivity contribution in [3.8, 4) is 0 Å². The molecule has 0 aliphatic rings. The van der Waals surface area contributed by atoms with Gasteiger partial charge in [-0.05, 0) is 42.3 Å². The van der Waals surface area contributed by atoms with E-state index in [0.717, 1.165) is 5.56 Å². The first-order valence-electron chi connectivity index (χ1n) is 5.55. The average molecular weight is 262 g/mol. The Kier molecular flexibility index (Phi) is 3.62. The molecule has 2 rings (SSSR count). The van der Waals surface area contributed by atoms with Crippen molar-refractivity contribution < 1.29 is 8.42 Å². The molecule has 0 unspecified atom stereocenters. The summed E-state index contributed by atoms with van der Waals surface area (Å²) in [5, 5.41) is 0. The van der Waals surface area contributed by atoms with Gasteiger partial charge in [-0.25, -0.2) is 8.42 Å². The van der Waals surface area contributed by atoms with E-state index in [-0.39, 0.29) is 5.75 Å². The molecular weight excluding hydrogens is 248 g/mol. The molecule has 1 aromatic carbocycles. The Bertz CT molecular complexity index is 607. The lowest BCUT2D eigenvalue weighted by molar-refractivity contribution is 0.595. The Hall–Kier alpha value is -1.88. The third kappa shape index (κ3) is 3.07. The fourth-order valence-corrected chi connectivity index (χ4v) is 2.88. The van der Waals surface area contributed by atoms with E-state index in [1.807, 2.05) is 6.07 Å². The SMILES string of the molecule is Nc1ccc(S(=O)(=O)CCc2cccnc2)cc1. The van der Waals surface area contributed by atoms with E-state index in [1.165, 1.54) is 12.1 Å². The third-order valence-electron chi connectivity index (χ3n) is 2.62. The molecule has 0 amide bonds. The van der Waals surface area contributed by atoms with Crippen LogP contribution in [-0.4, -0.2) is 19.2 Å². The molecule has 0 bridgehead atoms. The van der Waals surface area contributed by atoms with Crippen LogP contribution in [0.3, 0.4) is 0 Å². The summed E-state index contributed by atoms with van der Waals surface area (Å²) in [5.41, 5.74) is 7.00. The van der Waals surface area contributed by atoms with Crippen LogP contribution in [0.15, 0.2) is 53.7 Å². The molecule has 0 spiro atoms. The number of aromatic nitrogens is 1. The quantitative estimate of drug-likeness (QED) is 0.851. The molecule has 0 radical (unpaired) electrons. The molecule has 2 aromatic rings. The zero-order valence-electron chi connectivity index (χ0n) is 9.78. The Labute approximate surface area is 106 Å². The van der Waals surface area contributed by atoms with Crippen molar-refractivity contribution in [2.75, 3.05) is 11.5 Å². The fraction of sp³-hybridized carbons (Fsp3) is 0.154. The summed E-state index contributed by atoms with van der Waals surface area (Å²) >= 11 is 0. The highest BCUT2D eigenvalue weighted by Crippen LogP contribution is 2.14. The molecule has 1 heterocycles. The third-order valence-corrected chi connectivity index (χ3v) is 4.35. The topological polar surface area (TPSA) is 73.1 Å². The first-order chi connectivity index (χ1) is 8.58. The number of nitrogen functional groups attached to an aromatic ring is 1. The summed E-state index contributed by atoms with van der Waals surface area (Å²) in [6.07, 6.45) is 3.80. The molecular formula is C13H14N2O2S.